The Bertz CT molecular complexity index is 220. The Morgan fingerprint density at radius 1 is 1.18 bits per heavy atom. The van der Waals surface area contributed by atoms with Crippen molar-refractivity contribution < 1.29 is 4.79 Å². The predicted molar refractivity (Wildman–Crippen MR) is 72.0 cm³/mol. The van der Waals surface area contributed by atoms with Crippen LogP contribution < -0.4 is 10.6 Å². The highest BCUT2D eigenvalue weighted by molar-refractivity contribution is 5.82. The third kappa shape index (κ3) is 3.98. The molecule has 0 saturated carbocycles. The average Bonchev–Trinajstić information content (AvgIpc) is 2.65. The molecule has 1 amide bonds. The molecule has 3 nitrogen and oxygen atoms in total. The van der Waals surface area contributed by atoms with E-state index in [1.165, 1.54) is 19.3 Å². The number of rotatable bonds is 5. The zero-order valence-electron chi connectivity index (χ0n) is 11.6. The summed E-state index contributed by atoms with van der Waals surface area (Å²) in [6.07, 6.45) is 7.64. The fourth-order valence-electron chi connectivity index (χ4n) is 2.62. The molecule has 1 heterocycles. The number of hydrogen-bond acceptors (Lipinski definition) is 2. The van der Waals surface area contributed by atoms with Crippen LogP contribution in [0.4, 0.5) is 0 Å². The summed E-state index contributed by atoms with van der Waals surface area (Å²) >= 11 is 0. The van der Waals surface area contributed by atoms with Gasteiger partial charge in [-0.05, 0) is 38.6 Å². The SMILES string of the molecule is CCC(CC)(CC)NC(=O)C1CCCCCN1. The Hall–Kier alpha value is -0.570. The number of amides is 1. The van der Waals surface area contributed by atoms with Gasteiger partial charge in [0.25, 0.3) is 0 Å². The topological polar surface area (TPSA) is 41.1 Å². The van der Waals surface area contributed by atoms with Crippen molar-refractivity contribution in [3.8, 4) is 0 Å². The van der Waals surface area contributed by atoms with Crippen molar-refractivity contribution in [2.45, 2.75) is 77.3 Å². The Balaban J connectivity index is 2.56. The van der Waals surface area contributed by atoms with Crippen molar-refractivity contribution >= 4 is 5.91 Å². The Morgan fingerprint density at radius 3 is 2.41 bits per heavy atom. The van der Waals surface area contributed by atoms with Crippen LogP contribution in [0.25, 0.3) is 0 Å². The maximum atomic E-state index is 12.3. The van der Waals surface area contributed by atoms with E-state index in [0.29, 0.717) is 0 Å². The van der Waals surface area contributed by atoms with Crippen molar-refractivity contribution in [2.24, 2.45) is 0 Å². The van der Waals surface area contributed by atoms with Gasteiger partial charge in [-0.25, -0.2) is 0 Å². The maximum Gasteiger partial charge on any atom is 0.237 e. The summed E-state index contributed by atoms with van der Waals surface area (Å²) in [5.41, 5.74) is 0.00503. The molecule has 0 aromatic rings. The van der Waals surface area contributed by atoms with Gasteiger partial charge in [-0.2, -0.15) is 0 Å². The molecular weight excluding hydrogens is 212 g/mol. The quantitative estimate of drug-likeness (QED) is 0.775. The minimum atomic E-state index is 0.00503. The van der Waals surface area contributed by atoms with Crippen molar-refractivity contribution in [3.05, 3.63) is 0 Å². The van der Waals surface area contributed by atoms with E-state index < -0.39 is 0 Å². The van der Waals surface area contributed by atoms with Crippen molar-refractivity contribution in [1.29, 1.82) is 0 Å². The van der Waals surface area contributed by atoms with Gasteiger partial charge in [-0.1, -0.05) is 33.6 Å². The summed E-state index contributed by atoms with van der Waals surface area (Å²) < 4.78 is 0. The molecular formula is C14H28N2O. The lowest BCUT2D eigenvalue weighted by Crippen LogP contribution is -2.53. The van der Waals surface area contributed by atoms with E-state index in [1.807, 2.05) is 0 Å². The van der Waals surface area contributed by atoms with Crippen LogP contribution in [0.2, 0.25) is 0 Å². The lowest BCUT2D eigenvalue weighted by molar-refractivity contribution is -0.125. The molecule has 2 N–H and O–H groups in total. The predicted octanol–water partition coefficient (Wildman–Crippen LogP) is 2.60. The summed E-state index contributed by atoms with van der Waals surface area (Å²) in [6, 6.07) is 0.0292. The maximum absolute atomic E-state index is 12.3. The molecule has 0 aromatic carbocycles. The molecule has 1 aliphatic rings. The minimum Gasteiger partial charge on any atom is -0.349 e. The van der Waals surface area contributed by atoms with E-state index in [2.05, 4.69) is 31.4 Å². The van der Waals surface area contributed by atoms with Crippen LogP contribution in [0.15, 0.2) is 0 Å². The molecule has 1 unspecified atom stereocenters. The van der Waals surface area contributed by atoms with Crippen LogP contribution in [0.3, 0.4) is 0 Å². The Morgan fingerprint density at radius 2 is 1.82 bits per heavy atom. The third-order valence-electron chi connectivity index (χ3n) is 4.30. The molecule has 100 valence electrons. The first-order valence-electron chi connectivity index (χ1n) is 7.23. The third-order valence-corrected chi connectivity index (χ3v) is 4.30. The summed E-state index contributed by atoms with van der Waals surface area (Å²) in [4.78, 5) is 12.3. The van der Waals surface area contributed by atoms with Gasteiger partial charge in [0.2, 0.25) is 5.91 Å². The molecule has 3 heteroatoms. The lowest BCUT2D eigenvalue weighted by atomic mass is 9.89. The van der Waals surface area contributed by atoms with E-state index in [0.717, 1.165) is 32.2 Å². The molecule has 0 aliphatic carbocycles. The van der Waals surface area contributed by atoms with Crippen LogP contribution in [0, 0.1) is 0 Å². The van der Waals surface area contributed by atoms with Gasteiger partial charge in [0.1, 0.15) is 0 Å². The number of hydrogen-bond donors (Lipinski definition) is 2. The molecule has 1 fully saturated rings. The molecule has 0 aromatic heterocycles. The van der Waals surface area contributed by atoms with Gasteiger partial charge in [0, 0.05) is 5.54 Å². The fourth-order valence-corrected chi connectivity index (χ4v) is 2.62. The highest BCUT2D eigenvalue weighted by atomic mass is 16.2. The van der Waals surface area contributed by atoms with Gasteiger partial charge in [-0.15, -0.1) is 0 Å². The molecule has 1 atom stereocenters. The van der Waals surface area contributed by atoms with Crippen LogP contribution >= 0.6 is 0 Å². The van der Waals surface area contributed by atoms with Gasteiger partial charge in [0.15, 0.2) is 0 Å². The van der Waals surface area contributed by atoms with Crippen molar-refractivity contribution in [3.63, 3.8) is 0 Å². The zero-order chi connectivity index (χ0) is 12.7. The monoisotopic (exact) mass is 240 g/mol. The van der Waals surface area contributed by atoms with E-state index in [-0.39, 0.29) is 17.5 Å². The van der Waals surface area contributed by atoms with Crippen LogP contribution in [-0.2, 0) is 4.79 Å². The molecule has 0 spiro atoms. The molecule has 0 bridgehead atoms. The molecule has 0 radical (unpaired) electrons. The first-order valence-corrected chi connectivity index (χ1v) is 7.23. The zero-order valence-corrected chi connectivity index (χ0v) is 11.6. The van der Waals surface area contributed by atoms with Crippen LogP contribution in [0.5, 0.6) is 0 Å². The second-order valence-electron chi connectivity index (χ2n) is 5.19. The summed E-state index contributed by atoms with van der Waals surface area (Å²) in [5, 5.41) is 6.64. The van der Waals surface area contributed by atoms with Crippen molar-refractivity contribution in [1.82, 2.24) is 10.6 Å². The highest BCUT2D eigenvalue weighted by Crippen LogP contribution is 2.20. The minimum absolute atomic E-state index is 0.00503. The summed E-state index contributed by atoms with van der Waals surface area (Å²) in [6.45, 7) is 7.46. The first kappa shape index (κ1) is 14.5. The molecule has 1 saturated heterocycles. The van der Waals surface area contributed by atoms with Crippen LogP contribution in [-0.4, -0.2) is 24.0 Å². The molecule has 17 heavy (non-hydrogen) atoms. The fraction of sp³-hybridized carbons (Fsp3) is 0.929. The Kier molecular flexibility index (Phi) is 5.96. The second-order valence-corrected chi connectivity index (χ2v) is 5.19. The number of carbonyl (C=O) groups is 1. The number of carbonyl (C=O) groups excluding carboxylic acids is 1. The molecule has 1 rings (SSSR count). The van der Waals surface area contributed by atoms with Gasteiger partial charge < -0.3 is 10.6 Å². The molecule has 1 aliphatic heterocycles. The van der Waals surface area contributed by atoms with E-state index in [9.17, 15) is 4.79 Å². The van der Waals surface area contributed by atoms with Gasteiger partial charge >= 0.3 is 0 Å². The smallest absolute Gasteiger partial charge is 0.237 e. The van der Waals surface area contributed by atoms with Crippen LogP contribution in [0.1, 0.15) is 65.7 Å². The van der Waals surface area contributed by atoms with E-state index in [4.69, 9.17) is 0 Å². The average molecular weight is 240 g/mol. The Labute approximate surface area is 106 Å². The summed E-state index contributed by atoms with van der Waals surface area (Å²) in [5.74, 6) is 0.206. The van der Waals surface area contributed by atoms with Gasteiger partial charge in [0.05, 0.1) is 6.04 Å². The van der Waals surface area contributed by atoms with E-state index >= 15 is 0 Å². The standard InChI is InChI=1S/C14H28N2O/c1-4-14(5-2,6-3)16-13(17)12-10-8-7-9-11-15-12/h12,15H,4-11H2,1-3H3,(H,16,17). The largest absolute Gasteiger partial charge is 0.349 e. The number of nitrogens with one attached hydrogen (secondary N) is 2. The highest BCUT2D eigenvalue weighted by Gasteiger charge is 2.29. The van der Waals surface area contributed by atoms with Gasteiger partial charge in [-0.3, -0.25) is 4.79 Å². The summed E-state index contributed by atoms with van der Waals surface area (Å²) in [7, 11) is 0. The van der Waals surface area contributed by atoms with Crippen molar-refractivity contribution in [2.75, 3.05) is 6.54 Å². The second kappa shape index (κ2) is 7.00. The first-order chi connectivity index (χ1) is 8.17. The lowest BCUT2D eigenvalue weighted by Gasteiger charge is -2.33. The van der Waals surface area contributed by atoms with E-state index in [1.54, 1.807) is 0 Å². The normalized spacial score (nSPS) is 21.9.